The number of hydrogen-bond donors (Lipinski definition) is 1. The van der Waals surface area contributed by atoms with Gasteiger partial charge in [0.25, 0.3) is 0 Å². The monoisotopic (exact) mass is 365 g/mol. The summed E-state index contributed by atoms with van der Waals surface area (Å²) in [6.07, 6.45) is 3.18. The maximum Gasteiger partial charge on any atom is 0.410 e. The van der Waals surface area contributed by atoms with Crippen LogP contribution in [0.2, 0.25) is 0 Å². The molecule has 1 N–H and O–H groups in total. The molecule has 0 atom stereocenters. The Hall–Kier alpha value is -3.12. The average Bonchev–Trinajstić information content (AvgIpc) is 3.14. The number of rotatable bonds is 8. The summed E-state index contributed by atoms with van der Waals surface area (Å²) in [7, 11) is 0. The van der Waals surface area contributed by atoms with E-state index in [2.05, 4.69) is 5.10 Å². The van der Waals surface area contributed by atoms with Crippen molar-refractivity contribution < 1.29 is 14.6 Å². The molecule has 1 heterocycles. The Morgan fingerprint density at radius 2 is 1.67 bits per heavy atom. The van der Waals surface area contributed by atoms with Crippen molar-refractivity contribution in [2.45, 2.75) is 19.7 Å². The third kappa shape index (κ3) is 5.69. The number of carbonyl (C=O) groups is 1. The molecule has 0 radical (unpaired) electrons. The van der Waals surface area contributed by atoms with Crippen LogP contribution in [-0.2, 0) is 24.4 Å². The molecule has 1 amide bonds. The number of aromatic nitrogens is 2. The smallest absolute Gasteiger partial charge is 0.410 e. The van der Waals surface area contributed by atoms with E-state index in [9.17, 15) is 9.90 Å². The van der Waals surface area contributed by atoms with E-state index in [1.54, 1.807) is 6.20 Å². The van der Waals surface area contributed by atoms with E-state index in [1.165, 1.54) is 4.90 Å². The largest absolute Gasteiger partial charge is 0.445 e. The maximum absolute atomic E-state index is 12.4. The van der Waals surface area contributed by atoms with Crippen molar-refractivity contribution in [3.63, 3.8) is 0 Å². The molecule has 0 saturated carbocycles. The predicted octanol–water partition coefficient (Wildman–Crippen LogP) is 3.06. The Balaban J connectivity index is 1.58. The number of ether oxygens (including phenoxy) is 1. The zero-order valence-corrected chi connectivity index (χ0v) is 15.1. The lowest BCUT2D eigenvalue weighted by molar-refractivity contribution is 0.0859. The van der Waals surface area contributed by atoms with Crippen molar-refractivity contribution >= 4 is 6.09 Å². The Bertz CT molecular complexity index is 834. The van der Waals surface area contributed by atoms with Crippen molar-refractivity contribution in [1.82, 2.24) is 14.7 Å². The summed E-state index contributed by atoms with van der Waals surface area (Å²) in [6, 6.07) is 19.6. The van der Waals surface area contributed by atoms with Crippen LogP contribution in [0.25, 0.3) is 0 Å². The first-order valence-electron chi connectivity index (χ1n) is 8.86. The van der Waals surface area contributed by atoms with Crippen LogP contribution in [0, 0.1) is 0 Å². The van der Waals surface area contributed by atoms with Crippen molar-refractivity contribution in [2.75, 3.05) is 13.2 Å². The SMILES string of the molecule is O=C(OCc1ccccc1)N(CCO)Cc1cnn(Cc2ccccc2)c1. The second-order valence-corrected chi connectivity index (χ2v) is 6.22. The maximum atomic E-state index is 12.4. The standard InChI is InChI=1S/C21H23N3O3/c25-12-11-23(21(26)27-17-19-9-5-2-6-10-19)14-20-13-22-24(16-20)15-18-7-3-1-4-8-18/h1-10,13,16,25H,11-12,14-15,17H2. The molecule has 0 aliphatic rings. The molecular formula is C21H23N3O3. The zero-order valence-electron chi connectivity index (χ0n) is 15.1. The number of aliphatic hydroxyl groups is 1. The van der Waals surface area contributed by atoms with E-state index < -0.39 is 6.09 Å². The normalized spacial score (nSPS) is 10.6. The lowest BCUT2D eigenvalue weighted by Gasteiger charge is -2.20. The van der Waals surface area contributed by atoms with Crippen LogP contribution in [0.1, 0.15) is 16.7 Å². The van der Waals surface area contributed by atoms with Gasteiger partial charge in [-0.2, -0.15) is 5.10 Å². The molecular weight excluding hydrogens is 342 g/mol. The van der Waals surface area contributed by atoms with Gasteiger partial charge in [-0.1, -0.05) is 60.7 Å². The molecule has 1 aromatic heterocycles. The van der Waals surface area contributed by atoms with E-state index in [0.717, 1.165) is 16.7 Å². The highest BCUT2D eigenvalue weighted by molar-refractivity contribution is 5.67. The van der Waals surface area contributed by atoms with Gasteiger partial charge in [0, 0.05) is 18.3 Å². The van der Waals surface area contributed by atoms with E-state index in [0.29, 0.717) is 13.1 Å². The Kier molecular flexibility index (Phi) is 6.60. The second-order valence-electron chi connectivity index (χ2n) is 6.22. The lowest BCUT2D eigenvalue weighted by Crippen LogP contribution is -2.33. The first kappa shape index (κ1) is 18.7. The van der Waals surface area contributed by atoms with Gasteiger partial charge in [-0.15, -0.1) is 0 Å². The highest BCUT2D eigenvalue weighted by Crippen LogP contribution is 2.09. The van der Waals surface area contributed by atoms with E-state index in [1.807, 2.05) is 71.5 Å². The van der Waals surface area contributed by atoms with Crippen LogP contribution in [-0.4, -0.2) is 39.0 Å². The number of nitrogens with zero attached hydrogens (tertiary/aromatic N) is 3. The van der Waals surface area contributed by atoms with Crippen molar-refractivity contribution in [2.24, 2.45) is 0 Å². The third-order valence-corrected chi connectivity index (χ3v) is 4.08. The van der Waals surface area contributed by atoms with Gasteiger partial charge in [0.05, 0.1) is 25.9 Å². The summed E-state index contributed by atoms with van der Waals surface area (Å²) >= 11 is 0. The minimum absolute atomic E-state index is 0.126. The molecule has 0 fully saturated rings. The number of aliphatic hydroxyl groups excluding tert-OH is 1. The first-order chi connectivity index (χ1) is 13.2. The summed E-state index contributed by atoms with van der Waals surface area (Å²) in [6.45, 7) is 1.28. The predicted molar refractivity (Wildman–Crippen MR) is 102 cm³/mol. The molecule has 0 saturated heterocycles. The van der Waals surface area contributed by atoms with Crippen LogP contribution >= 0.6 is 0 Å². The molecule has 0 bridgehead atoms. The molecule has 6 nitrogen and oxygen atoms in total. The molecule has 0 spiro atoms. The fourth-order valence-corrected chi connectivity index (χ4v) is 2.73. The minimum atomic E-state index is -0.455. The zero-order chi connectivity index (χ0) is 18.9. The topological polar surface area (TPSA) is 67.6 Å². The van der Waals surface area contributed by atoms with Gasteiger partial charge < -0.3 is 14.7 Å². The van der Waals surface area contributed by atoms with Crippen LogP contribution in [0.4, 0.5) is 4.79 Å². The highest BCUT2D eigenvalue weighted by atomic mass is 16.6. The fraction of sp³-hybridized carbons (Fsp3) is 0.238. The molecule has 3 aromatic rings. The lowest BCUT2D eigenvalue weighted by atomic mass is 10.2. The van der Waals surface area contributed by atoms with Gasteiger partial charge in [-0.25, -0.2) is 4.79 Å². The molecule has 140 valence electrons. The second kappa shape index (κ2) is 9.54. The van der Waals surface area contributed by atoms with Gasteiger partial charge in [0.15, 0.2) is 0 Å². The molecule has 3 rings (SSSR count). The van der Waals surface area contributed by atoms with E-state index in [4.69, 9.17) is 4.74 Å². The molecule has 2 aromatic carbocycles. The fourth-order valence-electron chi connectivity index (χ4n) is 2.73. The molecule has 0 aliphatic carbocycles. The summed E-state index contributed by atoms with van der Waals surface area (Å²) < 4.78 is 7.20. The summed E-state index contributed by atoms with van der Waals surface area (Å²) in [5.74, 6) is 0. The van der Waals surface area contributed by atoms with Gasteiger partial charge in [0.1, 0.15) is 6.61 Å². The number of amides is 1. The average molecular weight is 365 g/mol. The summed E-state index contributed by atoms with van der Waals surface area (Å²) in [5.41, 5.74) is 2.96. The first-order valence-corrected chi connectivity index (χ1v) is 8.86. The van der Waals surface area contributed by atoms with Gasteiger partial charge in [-0.3, -0.25) is 4.68 Å². The van der Waals surface area contributed by atoms with E-state index >= 15 is 0 Å². The molecule has 27 heavy (non-hydrogen) atoms. The number of hydrogen-bond acceptors (Lipinski definition) is 4. The summed E-state index contributed by atoms with van der Waals surface area (Å²) in [5, 5.41) is 13.6. The molecule has 0 aliphatic heterocycles. The van der Waals surface area contributed by atoms with Crippen LogP contribution < -0.4 is 0 Å². The quantitative estimate of drug-likeness (QED) is 0.666. The Morgan fingerprint density at radius 3 is 2.33 bits per heavy atom. The molecule has 0 unspecified atom stereocenters. The van der Waals surface area contributed by atoms with Crippen LogP contribution in [0.15, 0.2) is 73.1 Å². The third-order valence-electron chi connectivity index (χ3n) is 4.08. The number of benzene rings is 2. The van der Waals surface area contributed by atoms with Gasteiger partial charge in [0.2, 0.25) is 0 Å². The van der Waals surface area contributed by atoms with Crippen molar-refractivity contribution in [3.05, 3.63) is 89.7 Å². The molecule has 6 heteroatoms. The van der Waals surface area contributed by atoms with Crippen molar-refractivity contribution in [3.8, 4) is 0 Å². The van der Waals surface area contributed by atoms with Crippen LogP contribution in [0.3, 0.4) is 0 Å². The van der Waals surface area contributed by atoms with Crippen molar-refractivity contribution in [1.29, 1.82) is 0 Å². The van der Waals surface area contributed by atoms with E-state index in [-0.39, 0.29) is 19.8 Å². The van der Waals surface area contributed by atoms with Crippen LogP contribution in [0.5, 0.6) is 0 Å². The minimum Gasteiger partial charge on any atom is -0.445 e. The Morgan fingerprint density at radius 1 is 1.00 bits per heavy atom. The number of carbonyl (C=O) groups excluding carboxylic acids is 1. The Labute approximate surface area is 158 Å². The van der Waals surface area contributed by atoms with Gasteiger partial charge >= 0.3 is 6.09 Å². The van der Waals surface area contributed by atoms with Gasteiger partial charge in [-0.05, 0) is 11.1 Å². The highest BCUT2D eigenvalue weighted by Gasteiger charge is 2.16. The summed E-state index contributed by atoms with van der Waals surface area (Å²) in [4.78, 5) is 13.9.